The maximum Gasteiger partial charge on any atom is 0.0893 e. The molecule has 2 aromatic rings. The number of hydrogen-bond acceptors (Lipinski definition) is 5. The van der Waals surface area contributed by atoms with E-state index in [2.05, 4.69) is 27.0 Å². The Morgan fingerprint density at radius 1 is 1.29 bits per heavy atom. The third kappa shape index (κ3) is 3.89. The van der Waals surface area contributed by atoms with Crippen molar-refractivity contribution in [2.75, 3.05) is 6.61 Å². The van der Waals surface area contributed by atoms with E-state index in [0.29, 0.717) is 6.54 Å². The molecule has 0 aliphatic carbocycles. The van der Waals surface area contributed by atoms with Crippen molar-refractivity contribution in [2.24, 2.45) is 0 Å². The maximum absolute atomic E-state index is 9.32. The van der Waals surface area contributed by atoms with Crippen LogP contribution in [0.3, 0.4) is 0 Å². The fraction of sp³-hybridized carbons (Fsp3) is 0.333. The molecule has 2 N–H and O–H groups in total. The Kier molecular flexibility index (Phi) is 4.61. The van der Waals surface area contributed by atoms with E-state index in [9.17, 15) is 5.11 Å². The lowest BCUT2D eigenvalue weighted by Gasteiger charge is -2.15. The summed E-state index contributed by atoms with van der Waals surface area (Å²) in [5, 5.41) is 18.5. The zero-order valence-electron chi connectivity index (χ0n) is 9.41. The summed E-state index contributed by atoms with van der Waals surface area (Å²) >= 11 is 1.34. The van der Waals surface area contributed by atoms with Gasteiger partial charge in [-0.25, -0.2) is 0 Å². The first-order valence-corrected chi connectivity index (χ1v) is 6.36. The van der Waals surface area contributed by atoms with E-state index in [4.69, 9.17) is 0 Å². The van der Waals surface area contributed by atoms with Gasteiger partial charge in [0.2, 0.25) is 0 Å². The van der Waals surface area contributed by atoms with Crippen molar-refractivity contribution in [3.8, 4) is 0 Å². The van der Waals surface area contributed by atoms with Gasteiger partial charge in [-0.05, 0) is 23.5 Å². The van der Waals surface area contributed by atoms with Gasteiger partial charge in [0.05, 0.1) is 12.3 Å². The first-order valence-electron chi connectivity index (χ1n) is 5.52. The van der Waals surface area contributed by atoms with E-state index in [1.165, 1.54) is 17.1 Å². The summed E-state index contributed by atoms with van der Waals surface area (Å²) < 4.78 is 3.80. The second-order valence-electron chi connectivity index (χ2n) is 3.85. The predicted octanol–water partition coefficient (Wildman–Crippen LogP) is 1.23. The molecule has 1 atom stereocenters. The molecule has 0 saturated carbocycles. The van der Waals surface area contributed by atoms with Crippen LogP contribution in [-0.2, 0) is 13.0 Å². The van der Waals surface area contributed by atoms with Crippen LogP contribution in [0.2, 0.25) is 0 Å². The van der Waals surface area contributed by atoms with Crippen LogP contribution >= 0.6 is 11.5 Å². The second kappa shape index (κ2) is 6.44. The summed E-state index contributed by atoms with van der Waals surface area (Å²) in [5.41, 5.74) is 2.14. The van der Waals surface area contributed by atoms with Gasteiger partial charge in [0.1, 0.15) is 0 Å². The van der Waals surface area contributed by atoms with Gasteiger partial charge in [0, 0.05) is 18.0 Å². The molecule has 0 fully saturated rings. The summed E-state index contributed by atoms with van der Waals surface area (Å²) in [4.78, 5) is 0. The van der Waals surface area contributed by atoms with E-state index < -0.39 is 0 Å². The lowest BCUT2D eigenvalue weighted by atomic mass is 10.1. The molecular weight excluding hydrogens is 234 g/mol. The number of rotatable bonds is 6. The molecule has 4 nitrogen and oxygen atoms in total. The summed E-state index contributed by atoms with van der Waals surface area (Å²) in [7, 11) is 0. The molecule has 0 spiro atoms. The molecule has 0 aliphatic rings. The SMILES string of the molecule is OC[C@@H](Cc1ccccc1)NCc1csnn1. The van der Waals surface area contributed by atoms with E-state index in [1.54, 1.807) is 0 Å². The van der Waals surface area contributed by atoms with E-state index in [1.807, 2.05) is 23.6 Å². The van der Waals surface area contributed by atoms with Crippen LogP contribution in [0.4, 0.5) is 0 Å². The molecular formula is C12H15N3OS. The average molecular weight is 249 g/mol. The smallest absolute Gasteiger partial charge is 0.0893 e. The minimum atomic E-state index is 0.0547. The van der Waals surface area contributed by atoms with Crippen LogP contribution in [-0.4, -0.2) is 27.3 Å². The molecule has 0 bridgehead atoms. The third-order valence-corrected chi connectivity index (χ3v) is 3.08. The van der Waals surface area contributed by atoms with Crippen molar-refractivity contribution >= 4 is 11.5 Å². The highest BCUT2D eigenvalue weighted by atomic mass is 32.1. The third-order valence-electron chi connectivity index (χ3n) is 2.52. The summed E-state index contributed by atoms with van der Waals surface area (Å²) in [6.07, 6.45) is 0.814. The van der Waals surface area contributed by atoms with Crippen LogP contribution < -0.4 is 5.32 Å². The highest BCUT2D eigenvalue weighted by Crippen LogP contribution is 2.04. The maximum atomic E-state index is 9.32. The minimum absolute atomic E-state index is 0.0547. The normalized spacial score (nSPS) is 12.5. The average Bonchev–Trinajstić information content (AvgIpc) is 2.89. The molecule has 1 aromatic carbocycles. The number of hydrogen-bond donors (Lipinski definition) is 2. The Labute approximate surface area is 104 Å². The van der Waals surface area contributed by atoms with Gasteiger partial charge < -0.3 is 10.4 Å². The zero-order valence-corrected chi connectivity index (χ0v) is 10.2. The van der Waals surface area contributed by atoms with Gasteiger partial charge in [-0.1, -0.05) is 34.8 Å². The molecule has 1 heterocycles. The number of nitrogens with one attached hydrogen (secondary N) is 1. The molecule has 90 valence electrons. The Morgan fingerprint density at radius 3 is 2.76 bits per heavy atom. The molecule has 0 unspecified atom stereocenters. The van der Waals surface area contributed by atoms with Crippen LogP contribution in [0, 0.1) is 0 Å². The van der Waals surface area contributed by atoms with Crippen LogP contribution in [0.25, 0.3) is 0 Å². The number of aromatic nitrogens is 2. The van der Waals surface area contributed by atoms with Crippen molar-refractivity contribution < 1.29 is 5.11 Å². The van der Waals surface area contributed by atoms with Crippen molar-refractivity contribution in [3.05, 3.63) is 47.0 Å². The molecule has 0 aliphatic heterocycles. The fourth-order valence-corrected chi connectivity index (χ4v) is 2.06. The highest BCUT2D eigenvalue weighted by molar-refractivity contribution is 7.03. The molecule has 1 aromatic heterocycles. The van der Waals surface area contributed by atoms with Crippen molar-refractivity contribution in [1.82, 2.24) is 14.9 Å². The quantitative estimate of drug-likeness (QED) is 0.808. The Morgan fingerprint density at radius 2 is 2.12 bits per heavy atom. The number of aliphatic hydroxyl groups is 1. The molecule has 0 amide bonds. The Hall–Kier alpha value is -1.30. The van der Waals surface area contributed by atoms with Crippen LogP contribution in [0.1, 0.15) is 11.3 Å². The molecule has 0 radical (unpaired) electrons. The lowest BCUT2D eigenvalue weighted by Crippen LogP contribution is -2.34. The second-order valence-corrected chi connectivity index (χ2v) is 4.46. The van der Waals surface area contributed by atoms with Gasteiger partial charge >= 0.3 is 0 Å². The first kappa shape index (κ1) is 12.2. The zero-order chi connectivity index (χ0) is 11.9. The van der Waals surface area contributed by atoms with Gasteiger partial charge in [-0.2, -0.15) is 0 Å². The molecule has 2 rings (SSSR count). The van der Waals surface area contributed by atoms with Crippen LogP contribution in [0.5, 0.6) is 0 Å². The van der Waals surface area contributed by atoms with Crippen molar-refractivity contribution in [3.63, 3.8) is 0 Å². The van der Waals surface area contributed by atoms with E-state index in [-0.39, 0.29) is 12.6 Å². The van der Waals surface area contributed by atoms with Gasteiger partial charge in [0.15, 0.2) is 0 Å². The van der Waals surface area contributed by atoms with Crippen molar-refractivity contribution in [2.45, 2.75) is 19.0 Å². The number of nitrogens with zero attached hydrogens (tertiary/aromatic N) is 2. The summed E-state index contributed by atoms with van der Waals surface area (Å²) in [5.74, 6) is 0. The standard InChI is InChI=1S/C12H15N3OS/c16-8-11(6-10-4-2-1-3-5-10)13-7-12-9-17-15-14-12/h1-5,9,11,13,16H,6-8H2/t11-/m1/s1. The summed E-state index contributed by atoms with van der Waals surface area (Å²) in [6.45, 7) is 0.765. The molecule has 5 heteroatoms. The highest BCUT2D eigenvalue weighted by Gasteiger charge is 2.08. The minimum Gasteiger partial charge on any atom is -0.395 e. The van der Waals surface area contributed by atoms with Crippen LogP contribution in [0.15, 0.2) is 35.7 Å². The largest absolute Gasteiger partial charge is 0.395 e. The van der Waals surface area contributed by atoms with Gasteiger partial charge in [0.25, 0.3) is 0 Å². The predicted molar refractivity (Wildman–Crippen MR) is 67.8 cm³/mol. The van der Waals surface area contributed by atoms with Gasteiger partial charge in [-0.15, -0.1) is 5.10 Å². The lowest BCUT2D eigenvalue weighted by molar-refractivity contribution is 0.240. The van der Waals surface area contributed by atoms with Crippen molar-refractivity contribution in [1.29, 1.82) is 0 Å². The number of aliphatic hydroxyl groups excluding tert-OH is 1. The first-order chi connectivity index (χ1) is 8.38. The fourth-order valence-electron chi connectivity index (χ4n) is 1.61. The number of benzene rings is 1. The topological polar surface area (TPSA) is 58.0 Å². The van der Waals surface area contributed by atoms with Gasteiger partial charge in [-0.3, -0.25) is 0 Å². The van der Waals surface area contributed by atoms with E-state index in [0.717, 1.165) is 12.1 Å². The molecule has 17 heavy (non-hydrogen) atoms. The summed E-state index contributed by atoms with van der Waals surface area (Å²) in [6, 6.07) is 10.2. The Bertz CT molecular complexity index is 419. The monoisotopic (exact) mass is 249 g/mol. The molecule has 0 saturated heterocycles. The Balaban J connectivity index is 1.85. The van der Waals surface area contributed by atoms with E-state index >= 15 is 0 Å².